The van der Waals surface area contributed by atoms with Crippen LogP contribution in [0, 0.1) is 0 Å². The lowest BCUT2D eigenvalue weighted by Crippen LogP contribution is -2.31. The van der Waals surface area contributed by atoms with Crippen molar-refractivity contribution in [1.29, 1.82) is 0 Å². The summed E-state index contributed by atoms with van der Waals surface area (Å²) in [4.78, 5) is 14.0. The van der Waals surface area contributed by atoms with Crippen molar-refractivity contribution < 1.29 is 0 Å². The maximum atomic E-state index is 11.9. The largest absolute Gasteiger partial charge is 0.371 e. The minimum Gasteiger partial charge on any atom is -0.371 e. The molecule has 1 N–H and O–H groups in total. The molecule has 18 heavy (non-hydrogen) atoms. The summed E-state index contributed by atoms with van der Waals surface area (Å²) < 4.78 is 1.53. The van der Waals surface area contributed by atoms with E-state index < -0.39 is 0 Å². The van der Waals surface area contributed by atoms with E-state index in [1.54, 1.807) is 12.3 Å². The van der Waals surface area contributed by atoms with Crippen molar-refractivity contribution in [2.75, 3.05) is 24.5 Å². The SMILES string of the molecule is CCN(CC)c1cnn(CCNC2CC2)c(=O)c1. The van der Waals surface area contributed by atoms with Gasteiger partial charge in [-0.3, -0.25) is 4.79 Å². The van der Waals surface area contributed by atoms with Gasteiger partial charge in [-0.2, -0.15) is 5.10 Å². The number of aromatic nitrogens is 2. The fraction of sp³-hybridized carbons (Fsp3) is 0.692. The fourth-order valence-corrected chi connectivity index (χ4v) is 2.02. The summed E-state index contributed by atoms with van der Waals surface area (Å²) in [6, 6.07) is 2.35. The zero-order chi connectivity index (χ0) is 13.0. The van der Waals surface area contributed by atoms with E-state index in [2.05, 4.69) is 29.2 Å². The topological polar surface area (TPSA) is 50.2 Å². The number of nitrogens with one attached hydrogen (secondary N) is 1. The Hall–Kier alpha value is -1.36. The summed E-state index contributed by atoms with van der Waals surface area (Å²) in [7, 11) is 0. The minimum absolute atomic E-state index is 0.0167. The highest BCUT2D eigenvalue weighted by Crippen LogP contribution is 2.17. The highest BCUT2D eigenvalue weighted by molar-refractivity contribution is 5.42. The second-order valence-electron chi connectivity index (χ2n) is 4.68. The van der Waals surface area contributed by atoms with E-state index in [-0.39, 0.29) is 5.56 Å². The van der Waals surface area contributed by atoms with Gasteiger partial charge in [0, 0.05) is 31.7 Å². The zero-order valence-electron chi connectivity index (χ0n) is 11.2. The first kappa shape index (κ1) is 13.1. The van der Waals surface area contributed by atoms with Crippen LogP contribution in [0.2, 0.25) is 0 Å². The number of rotatable bonds is 7. The lowest BCUT2D eigenvalue weighted by molar-refractivity contribution is 0.530. The van der Waals surface area contributed by atoms with Gasteiger partial charge in [-0.25, -0.2) is 4.68 Å². The number of hydrogen-bond donors (Lipinski definition) is 1. The molecule has 0 spiro atoms. The van der Waals surface area contributed by atoms with Gasteiger partial charge in [-0.15, -0.1) is 0 Å². The molecule has 5 nitrogen and oxygen atoms in total. The highest BCUT2D eigenvalue weighted by atomic mass is 16.1. The molecule has 1 aliphatic carbocycles. The van der Waals surface area contributed by atoms with Gasteiger partial charge >= 0.3 is 0 Å². The van der Waals surface area contributed by atoms with Gasteiger partial charge in [0.15, 0.2) is 0 Å². The molecule has 0 bridgehead atoms. The zero-order valence-corrected chi connectivity index (χ0v) is 11.2. The molecule has 100 valence electrons. The Labute approximate surface area is 108 Å². The Kier molecular flexibility index (Phi) is 4.36. The van der Waals surface area contributed by atoms with Crippen LogP contribution < -0.4 is 15.8 Å². The van der Waals surface area contributed by atoms with Gasteiger partial charge in [0.1, 0.15) is 0 Å². The molecule has 5 heteroatoms. The molecule has 0 radical (unpaired) electrons. The Morgan fingerprint density at radius 1 is 1.44 bits per heavy atom. The third-order valence-corrected chi connectivity index (χ3v) is 3.32. The molecule has 0 aromatic carbocycles. The Morgan fingerprint density at radius 2 is 2.17 bits per heavy atom. The minimum atomic E-state index is -0.0167. The van der Waals surface area contributed by atoms with E-state index in [1.165, 1.54) is 17.5 Å². The van der Waals surface area contributed by atoms with E-state index in [0.717, 1.165) is 25.3 Å². The van der Waals surface area contributed by atoms with Crippen molar-refractivity contribution in [3.05, 3.63) is 22.6 Å². The smallest absolute Gasteiger partial charge is 0.268 e. The Bertz CT molecular complexity index is 435. The summed E-state index contributed by atoms with van der Waals surface area (Å²) in [6.07, 6.45) is 4.32. The van der Waals surface area contributed by atoms with E-state index in [0.29, 0.717) is 12.6 Å². The standard InChI is InChI=1S/C13H22N4O/c1-3-16(4-2)12-9-13(18)17(15-10-12)8-7-14-11-5-6-11/h9-11,14H,3-8H2,1-2H3. The van der Waals surface area contributed by atoms with E-state index in [9.17, 15) is 4.79 Å². The van der Waals surface area contributed by atoms with Crippen molar-refractivity contribution in [1.82, 2.24) is 15.1 Å². The van der Waals surface area contributed by atoms with Gasteiger partial charge < -0.3 is 10.2 Å². The van der Waals surface area contributed by atoms with Crippen molar-refractivity contribution in [2.24, 2.45) is 0 Å². The molecule has 1 fully saturated rings. The molecule has 0 unspecified atom stereocenters. The molecule has 0 saturated heterocycles. The second kappa shape index (κ2) is 6.00. The van der Waals surface area contributed by atoms with Crippen LogP contribution in [0.1, 0.15) is 26.7 Å². The molecule has 1 saturated carbocycles. The van der Waals surface area contributed by atoms with Crippen molar-refractivity contribution >= 4 is 5.69 Å². The Balaban J connectivity index is 1.97. The normalized spacial score (nSPS) is 14.8. The van der Waals surface area contributed by atoms with E-state index in [1.807, 2.05) is 0 Å². The van der Waals surface area contributed by atoms with Gasteiger partial charge in [0.05, 0.1) is 18.4 Å². The van der Waals surface area contributed by atoms with Gasteiger partial charge in [-0.1, -0.05) is 0 Å². The van der Waals surface area contributed by atoms with Crippen LogP contribution in [0.4, 0.5) is 5.69 Å². The lowest BCUT2D eigenvalue weighted by Gasteiger charge is -2.20. The maximum Gasteiger partial charge on any atom is 0.268 e. The summed E-state index contributed by atoms with van der Waals surface area (Å²) in [5.41, 5.74) is 0.897. The predicted octanol–water partition coefficient (Wildman–Crippen LogP) is 0.841. The third kappa shape index (κ3) is 3.32. The number of nitrogens with zero attached hydrogens (tertiary/aromatic N) is 3. The maximum absolute atomic E-state index is 11.9. The first-order valence-corrected chi connectivity index (χ1v) is 6.80. The quantitative estimate of drug-likeness (QED) is 0.779. The van der Waals surface area contributed by atoms with Crippen LogP contribution in [0.5, 0.6) is 0 Å². The molecule has 1 aromatic rings. The average Bonchev–Trinajstić information content (AvgIpc) is 3.17. The van der Waals surface area contributed by atoms with Crippen LogP contribution in [0.15, 0.2) is 17.1 Å². The molecule has 2 rings (SSSR count). The second-order valence-corrected chi connectivity index (χ2v) is 4.68. The highest BCUT2D eigenvalue weighted by Gasteiger charge is 2.19. The van der Waals surface area contributed by atoms with E-state index >= 15 is 0 Å². The van der Waals surface area contributed by atoms with Crippen LogP contribution in [-0.2, 0) is 6.54 Å². The summed E-state index contributed by atoms with van der Waals surface area (Å²) >= 11 is 0. The first-order valence-electron chi connectivity index (χ1n) is 6.80. The fourth-order valence-electron chi connectivity index (χ4n) is 2.02. The summed E-state index contributed by atoms with van der Waals surface area (Å²) in [6.45, 7) is 7.41. The Morgan fingerprint density at radius 3 is 2.72 bits per heavy atom. The van der Waals surface area contributed by atoms with E-state index in [4.69, 9.17) is 0 Å². The molecular weight excluding hydrogens is 228 g/mol. The first-order chi connectivity index (χ1) is 8.74. The monoisotopic (exact) mass is 250 g/mol. The van der Waals surface area contributed by atoms with Crippen molar-refractivity contribution in [3.63, 3.8) is 0 Å². The van der Waals surface area contributed by atoms with Crippen molar-refractivity contribution in [2.45, 2.75) is 39.3 Å². The van der Waals surface area contributed by atoms with Gasteiger partial charge in [-0.05, 0) is 26.7 Å². The third-order valence-electron chi connectivity index (χ3n) is 3.32. The average molecular weight is 250 g/mol. The molecule has 1 aromatic heterocycles. The van der Waals surface area contributed by atoms with Crippen LogP contribution in [0.3, 0.4) is 0 Å². The van der Waals surface area contributed by atoms with Crippen molar-refractivity contribution in [3.8, 4) is 0 Å². The molecule has 0 aliphatic heterocycles. The summed E-state index contributed by atoms with van der Waals surface area (Å²) in [5, 5.41) is 7.62. The molecule has 0 amide bonds. The van der Waals surface area contributed by atoms with Gasteiger partial charge in [0.2, 0.25) is 0 Å². The van der Waals surface area contributed by atoms with Crippen LogP contribution in [-0.4, -0.2) is 35.5 Å². The van der Waals surface area contributed by atoms with Crippen LogP contribution in [0.25, 0.3) is 0 Å². The molecular formula is C13H22N4O. The van der Waals surface area contributed by atoms with Gasteiger partial charge in [0.25, 0.3) is 5.56 Å². The number of hydrogen-bond acceptors (Lipinski definition) is 4. The molecule has 1 aliphatic rings. The number of anilines is 1. The predicted molar refractivity (Wildman–Crippen MR) is 73.1 cm³/mol. The summed E-state index contributed by atoms with van der Waals surface area (Å²) in [5.74, 6) is 0. The van der Waals surface area contributed by atoms with Crippen LogP contribution >= 0.6 is 0 Å². The molecule has 0 atom stereocenters. The molecule has 1 heterocycles. The lowest BCUT2D eigenvalue weighted by atomic mass is 10.4.